The zero-order chi connectivity index (χ0) is 14.8. The molecule has 0 saturated carbocycles. The first-order chi connectivity index (χ1) is 10.1. The summed E-state index contributed by atoms with van der Waals surface area (Å²) in [6.45, 7) is 0. The fourth-order valence-corrected chi connectivity index (χ4v) is 1.95. The third-order valence-electron chi connectivity index (χ3n) is 2.94. The van der Waals surface area contributed by atoms with Crippen LogP contribution in [0.4, 0.5) is 10.1 Å². The first-order valence-corrected chi connectivity index (χ1v) is 6.18. The second kappa shape index (κ2) is 5.16. The molecule has 0 fully saturated rings. The van der Waals surface area contributed by atoms with E-state index < -0.39 is 17.3 Å². The van der Waals surface area contributed by atoms with Crippen molar-refractivity contribution < 1.29 is 9.18 Å². The van der Waals surface area contributed by atoms with E-state index in [0.717, 1.165) is 0 Å². The van der Waals surface area contributed by atoms with Crippen LogP contribution in [0.15, 0.2) is 59.7 Å². The smallest absolute Gasteiger partial charge is 0.270 e. The summed E-state index contributed by atoms with van der Waals surface area (Å²) in [4.78, 5) is 28.4. The molecule has 2 aromatic heterocycles. The van der Waals surface area contributed by atoms with Crippen LogP contribution in [0.2, 0.25) is 0 Å². The van der Waals surface area contributed by atoms with Crippen LogP contribution in [0.3, 0.4) is 0 Å². The van der Waals surface area contributed by atoms with E-state index in [0.29, 0.717) is 5.65 Å². The molecule has 6 heteroatoms. The van der Waals surface area contributed by atoms with Gasteiger partial charge < -0.3 is 5.32 Å². The molecule has 1 N–H and O–H groups in total. The lowest BCUT2D eigenvalue weighted by Gasteiger charge is -2.06. The average Bonchev–Trinajstić information content (AvgIpc) is 2.48. The van der Waals surface area contributed by atoms with Crippen LogP contribution in [0, 0.1) is 5.82 Å². The largest absolute Gasteiger partial charge is 0.322 e. The van der Waals surface area contributed by atoms with Gasteiger partial charge >= 0.3 is 0 Å². The van der Waals surface area contributed by atoms with Crippen LogP contribution in [-0.2, 0) is 0 Å². The Morgan fingerprint density at radius 2 is 2.05 bits per heavy atom. The summed E-state index contributed by atoms with van der Waals surface area (Å²) in [7, 11) is 0. The topological polar surface area (TPSA) is 63.5 Å². The van der Waals surface area contributed by atoms with Gasteiger partial charge in [0.2, 0.25) is 0 Å². The Balaban J connectivity index is 1.99. The van der Waals surface area contributed by atoms with Crippen molar-refractivity contribution in [2.75, 3.05) is 5.32 Å². The van der Waals surface area contributed by atoms with Gasteiger partial charge in [-0.05, 0) is 30.3 Å². The Labute approximate surface area is 118 Å². The molecule has 0 aliphatic carbocycles. The van der Waals surface area contributed by atoms with E-state index in [1.165, 1.54) is 41.1 Å². The molecule has 2 heterocycles. The highest BCUT2D eigenvalue weighted by Crippen LogP contribution is 2.10. The molecule has 3 aromatic rings. The average molecular weight is 283 g/mol. The molecule has 0 saturated heterocycles. The summed E-state index contributed by atoms with van der Waals surface area (Å²) < 4.78 is 14.4. The monoisotopic (exact) mass is 283 g/mol. The van der Waals surface area contributed by atoms with Crippen molar-refractivity contribution in [3.05, 3.63) is 76.6 Å². The maximum absolute atomic E-state index is 13.1. The first-order valence-electron chi connectivity index (χ1n) is 6.18. The molecule has 5 nitrogen and oxygen atoms in total. The Hall–Kier alpha value is -3.02. The van der Waals surface area contributed by atoms with Gasteiger partial charge in [0.25, 0.3) is 11.5 Å². The molecule has 0 spiro atoms. The van der Waals surface area contributed by atoms with Crippen LogP contribution in [0.5, 0.6) is 0 Å². The van der Waals surface area contributed by atoms with E-state index in [4.69, 9.17) is 0 Å². The number of benzene rings is 1. The van der Waals surface area contributed by atoms with Crippen molar-refractivity contribution in [2.45, 2.75) is 0 Å². The van der Waals surface area contributed by atoms with Crippen LogP contribution >= 0.6 is 0 Å². The van der Waals surface area contributed by atoms with Gasteiger partial charge in [-0.3, -0.25) is 14.0 Å². The fraction of sp³-hybridized carbons (Fsp3) is 0. The number of carbonyl (C=O) groups is 1. The maximum Gasteiger partial charge on any atom is 0.270 e. The van der Waals surface area contributed by atoms with Crippen molar-refractivity contribution in [1.29, 1.82) is 0 Å². The van der Waals surface area contributed by atoms with Gasteiger partial charge in [-0.1, -0.05) is 12.1 Å². The molecule has 0 atom stereocenters. The van der Waals surface area contributed by atoms with Gasteiger partial charge in [-0.15, -0.1) is 0 Å². The van der Waals surface area contributed by atoms with Crippen LogP contribution in [0.1, 0.15) is 10.4 Å². The predicted molar refractivity (Wildman–Crippen MR) is 75.8 cm³/mol. The van der Waals surface area contributed by atoms with E-state index in [2.05, 4.69) is 10.3 Å². The second-order valence-corrected chi connectivity index (χ2v) is 4.37. The highest BCUT2D eigenvalue weighted by Gasteiger charge is 2.13. The normalized spacial score (nSPS) is 10.5. The first kappa shape index (κ1) is 13.0. The number of amides is 1. The number of halogens is 1. The van der Waals surface area contributed by atoms with E-state index >= 15 is 0 Å². The lowest BCUT2D eigenvalue weighted by Crippen LogP contribution is -2.26. The number of hydrogen-bond donors (Lipinski definition) is 1. The molecule has 104 valence electrons. The van der Waals surface area contributed by atoms with Crippen molar-refractivity contribution in [1.82, 2.24) is 9.38 Å². The minimum atomic E-state index is -0.628. The van der Waals surface area contributed by atoms with E-state index in [1.807, 2.05) is 0 Å². The highest BCUT2D eigenvalue weighted by atomic mass is 19.1. The van der Waals surface area contributed by atoms with Gasteiger partial charge in [0.15, 0.2) is 0 Å². The summed E-state index contributed by atoms with van der Waals surface area (Å²) in [5.41, 5.74) is 0.139. The standard InChI is InChI=1S/C15H10FN3O2/c16-10-4-3-5-11(8-10)18-14(20)12-9-17-13-6-1-2-7-19(13)15(12)21/h1-9H,(H,18,20). The lowest BCUT2D eigenvalue weighted by atomic mass is 10.2. The minimum absolute atomic E-state index is 0.108. The van der Waals surface area contributed by atoms with Crippen molar-refractivity contribution in [2.24, 2.45) is 0 Å². The van der Waals surface area contributed by atoms with Gasteiger partial charge in [0, 0.05) is 18.1 Å². The Bertz CT molecular complexity index is 889. The zero-order valence-corrected chi connectivity index (χ0v) is 10.8. The fourth-order valence-electron chi connectivity index (χ4n) is 1.95. The third-order valence-corrected chi connectivity index (χ3v) is 2.94. The Morgan fingerprint density at radius 1 is 1.19 bits per heavy atom. The van der Waals surface area contributed by atoms with Crippen molar-refractivity contribution in [3.8, 4) is 0 Å². The summed E-state index contributed by atoms with van der Waals surface area (Å²) in [5, 5.41) is 2.47. The summed E-state index contributed by atoms with van der Waals surface area (Å²) >= 11 is 0. The number of anilines is 1. The second-order valence-electron chi connectivity index (χ2n) is 4.37. The molecule has 0 aliphatic heterocycles. The molecule has 0 bridgehead atoms. The summed E-state index contributed by atoms with van der Waals surface area (Å²) in [6.07, 6.45) is 2.75. The zero-order valence-electron chi connectivity index (χ0n) is 10.8. The Kier molecular flexibility index (Phi) is 3.19. The van der Waals surface area contributed by atoms with Gasteiger partial charge in [0.05, 0.1) is 0 Å². The molecule has 0 radical (unpaired) electrons. The van der Waals surface area contributed by atoms with Crippen molar-refractivity contribution in [3.63, 3.8) is 0 Å². The van der Waals surface area contributed by atoms with E-state index in [1.54, 1.807) is 18.2 Å². The predicted octanol–water partition coefficient (Wildman–Crippen LogP) is 2.09. The molecule has 21 heavy (non-hydrogen) atoms. The number of hydrogen-bond acceptors (Lipinski definition) is 3. The summed E-state index contributed by atoms with van der Waals surface area (Å²) in [5.74, 6) is -1.10. The molecule has 1 aromatic carbocycles. The molecule has 1 amide bonds. The van der Waals surface area contributed by atoms with Gasteiger partial charge in [-0.2, -0.15) is 0 Å². The molecule has 0 unspecified atom stereocenters. The number of nitrogens with zero attached hydrogens (tertiary/aromatic N) is 2. The van der Waals surface area contributed by atoms with Crippen LogP contribution in [-0.4, -0.2) is 15.3 Å². The quantitative estimate of drug-likeness (QED) is 0.783. The van der Waals surface area contributed by atoms with Gasteiger partial charge in [0.1, 0.15) is 17.0 Å². The van der Waals surface area contributed by atoms with Gasteiger partial charge in [-0.25, -0.2) is 9.37 Å². The number of carbonyl (C=O) groups excluding carboxylic acids is 1. The van der Waals surface area contributed by atoms with E-state index in [-0.39, 0.29) is 11.3 Å². The number of nitrogens with one attached hydrogen (secondary N) is 1. The maximum atomic E-state index is 13.1. The number of aromatic nitrogens is 2. The number of rotatable bonds is 2. The lowest BCUT2D eigenvalue weighted by molar-refractivity contribution is 0.102. The van der Waals surface area contributed by atoms with Crippen LogP contribution in [0.25, 0.3) is 5.65 Å². The third kappa shape index (κ3) is 2.51. The highest BCUT2D eigenvalue weighted by molar-refractivity contribution is 6.03. The van der Waals surface area contributed by atoms with E-state index in [9.17, 15) is 14.0 Å². The summed E-state index contributed by atoms with van der Waals surface area (Å²) in [6, 6.07) is 10.5. The number of fused-ring (bicyclic) bond motifs is 1. The minimum Gasteiger partial charge on any atom is -0.322 e. The van der Waals surface area contributed by atoms with Crippen LogP contribution < -0.4 is 10.9 Å². The molecular formula is C15H10FN3O2. The molecule has 0 aliphatic rings. The molecular weight excluding hydrogens is 273 g/mol. The Morgan fingerprint density at radius 3 is 2.86 bits per heavy atom. The number of pyridine rings is 1. The SMILES string of the molecule is O=C(Nc1cccc(F)c1)c1cnc2ccccn2c1=O. The molecule has 3 rings (SSSR count). The van der Waals surface area contributed by atoms with Crippen molar-refractivity contribution >= 4 is 17.2 Å².